The highest BCUT2D eigenvalue weighted by Crippen LogP contribution is 2.39. The van der Waals surface area contributed by atoms with Crippen LogP contribution in [0.1, 0.15) is 46.5 Å². The Bertz CT molecular complexity index is 456. The van der Waals surface area contributed by atoms with E-state index in [0.717, 1.165) is 18.5 Å². The van der Waals surface area contributed by atoms with Gasteiger partial charge >= 0.3 is 5.97 Å². The molecule has 1 aromatic rings. The molecule has 1 fully saturated rings. The number of rotatable bonds is 5. The largest absolute Gasteiger partial charge is 0.462 e. The third-order valence-electron chi connectivity index (χ3n) is 4.08. The molecule has 1 saturated carbocycles. The van der Waals surface area contributed by atoms with Crippen LogP contribution in [-0.4, -0.2) is 18.6 Å². The van der Waals surface area contributed by atoms with Gasteiger partial charge in [-0.2, -0.15) is 0 Å². The molecule has 1 N–H and O–H groups in total. The fourth-order valence-electron chi connectivity index (χ4n) is 3.46. The van der Waals surface area contributed by atoms with E-state index in [1.54, 1.807) is 0 Å². The van der Waals surface area contributed by atoms with Crippen LogP contribution in [0.5, 0.6) is 0 Å². The van der Waals surface area contributed by atoms with Crippen molar-refractivity contribution in [1.82, 2.24) is 0 Å². The number of ether oxygens (including phenoxy) is 1. The summed E-state index contributed by atoms with van der Waals surface area (Å²) in [5.41, 5.74) is 1.32. The standard InChI is InChI=1S/C18H27NO2/c1-14-11-16(13-18(2,3)12-14)21-17(20)9-10-19-15-7-5-4-6-8-15/h4-8,14,16,19H,9-13H2,1-3H3. The van der Waals surface area contributed by atoms with E-state index in [2.05, 4.69) is 26.1 Å². The predicted molar refractivity (Wildman–Crippen MR) is 86.2 cm³/mol. The van der Waals surface area contributed by atoms with Crippen LogP contribution in [0.3, 0.4) is 0 Å². The third-order valence-corrected chi connectivity index (χ3v) is 4.08. The zero-order valence-electron chi connectivity index (χ0n) is 13.4. The van der Waals surface area contributed by atoms with E-state index < -0.39 is 0 Å². The van der Waals surface area contributed by atoms with Gasteiger partial charge in [-0.05, 0) is 42.7 Å². The normalized spacial score (nSPS) is 24.3. The van der Waals surface area contributed by atoms with E-state index in [-0.39, 0.29) is 17.5 Å². The van der Waals surface area contributed by atoms with E-state index in [4.69, 9.17) is 4.74 Å². The number of anilines is 1. The van der Waals surface area contributed by atoms with Crippen LogP contribution in [0.2, 0.25) is 0 Å². The van der Waals surface area contributed by atoms with Crippen molar-refractivity contribution >= 4 is 11.7 Å². The molecular formula is C18H27NO2. The molecule has 1 aliphatic carbocycles. The molecule has 0 bridgehead atoms. The lowest BCUT2D eigenvalue weighted by Crippen LogP contribution is -2.34. The summed E-state index contributed by atoms with van der Waals surface area (Å²) >= 11 is 0. The van der Waals surface area contributed by atoms with Gasteiger partial charge in [0.05, 0.1) is 6.42 Å². The van der Waals surface area contributed by atoms with Gasteiger partial charge in [0.2, 0.25) is 0 Å². The van der Waals surface area contributed by atoms with Crippen molar-refractivity contribution in [2.45, 2.75) is 52.6 Å². The van der Waals surface area contributed by atoms with Crippen LogP contribution in [0.15, 0.2) is 30.3 Å². The highest BCUT2D eigenvalue weighted by atomic mass is 16.5. The molecule has 116 valence electrons. The van der Waals surface area contributed by atoms with E-state index in [0.29, 0.717) is 18.9 Å². The Balaban J connectivity index is 1.72. The number of hydrogen-bond acceptors (Lipinski definition) is 3. The summed E-state index contributed by atoms with van der Waals surface area (Å²) in [6.07, 6.45) is 3.71. The Labute approximate surface area is 128 Å². The smallest absolute Gasteiger partial charge is 0.307 e. The molecule has 1 aromatic carbocycles. The lowest BCUT2D eigenvalue weighted by atomic mass is 9.71. The zero-order chi connectivity index (χ0) is 15.3. The molecule has 0 saturated heterocycles. The lowest BCUT2D eigenvalue weighted by Gasteiger charge is -2.38. The maximum absolute atomic E-state index is 12.0. The van der Waals surface area contributed by atoms with Gasteiger partial charge in [0.1, 0.15) is 6.10 Å². The average molecular weight is 289 g/mol. The quantitative estimate of drug-likeness (QED) is 0.824. The van der Waals surface area contributed by atoms with Crippen LogP contribution in [0.4, 0.5) is 5.69 Å². The van der Waals surface area contributed by atoms with E-state index in [1.165, 1.54) is 6.42 Å². The number of hydrogen-bond donors (Lipinski definition) is 1. The molecule has 0 radical (unpaired) electrons. The van der Waals surface area contributed by atoms with Gasteiger partial charge in [0.15, 0.2) is 0 Å². The van der Waals surface area contributed by atoms with Crippen molar-refractivity contribution in [2.75, 3.05) is 11.9 Å². The van der Waals surface area contributed by atoms with Crippen LogP contribution in [-0.2, 0) is 9.53 Å². The molecule has 21 heavy (non-hydrogen) atoms. The van der Waals surface area contributed by atoms with Gasteiger partial charge in [0, 0.05) is 12.2 Å². The molecule has 2 atom stereocenters. The predicted octanol–water partition coefficient (Wildman–Crippen LogP) is 4.25. The van der Waals surface area contributed by atoms with Gasteiger partial charge in [-0.25, -0.2) is 0 Å². The minimum atomic E-state index is -0.0895. The Morgan fingerprint density at radius 3 is 2.67 bits per heavy atom. The Morgan fingerprint density at radius 2 is 2.00 bits per heavy atom. The molecular weight excluding hydrogens is 262 g/mol. The summed E-state index contributed by atoms with van der Waals surface area (Å²) in [5, 5.41) is 3.24. The first kappa shape index (κ1) is 15.9. The fourth-order valence-corrected chi connectivity index (χ4v) is 3.46. The molecule has 0 amide bonds. The Kier molecular flexibility index (Phi) is 5.27. The summed E-state index contributed by atoms with van der Waals surface area (Å²) < 4.78 is 5.66. The first-order valence-electron chi connectivity index (χ1n) is 7.93. The molecule has 3 nitrogen and oxygen atoms in total. The highest BCUT2D eigenvalue weighted by molar-refractivity contribution is 5.70. The second-order valence-electron chi connectivity index (χ2n) is 7.07. The summed E-state index contributed by atoms with van der Waals surface area (Å²) in [7, 11) is 0. The molecule has 2 rings (SSSR count). The van der Waals surface area contributed by atoms with Crippen LogP contribution in [0, 0.1) is 11.3 Å². The highest BCUT2D eigenvalue weighted by Gasteiger charge is 2.33. The molecule has 0 aliphatic heterocycles. The maximum atomic E-state index is 12.0. The first-order chi connectivity index (χ1) is 9.94. The molecule has 3 heteroatoms. The van der Waals surface area contributed by atoms with Crippen molar-refractivity contribution < 1.29 is 9.53 Å². The van der Waals surface area contributed by atoms with E-state index in [9.17, 15) is 4.79 Å². The second-order valence-corrected chi connectivity index (χ2v) is 7.07. The van der Waals surface area contributed by atoms with Crippen molar-refractivity contribution in [3.05, 3.63) is 30.3 Å². The molecule has 0 spiro atoms. The lowest BCUT2D eigenvalue weighted by molar-refractivity contribution is -0.153. The van der Waals surface area contributed by atoms with E-state index >= 15 is 0 Å². The van der Waals surface area contributed by atoms with Crippen LogP contribution in [0.25, 0.3) is 0 Å². The summed E-state index contributed by atoms with van der Waals surface area (Å²) in [5.74, 6) is 0.544. The van der Waals surface area contributed by atoms with Gasteiger partial charge < -0.3 is 10.1 Å². The van der Waals surface area contributed by atoms with Crippen molar-refractivity contribution in [1.29, 1.82) is 0 Å². The molecule has 1 aliphatic rings. The average Bonchev–Trinajstić information content (AvgIpc) is 2.37. The topological polar surface area (TPSA) is 38.3 Å². The summed E-state index contributed by atoms with van der Waals surface area (Å²) in [6, 6.07) is 9.93. The number of carbonyl (C=O) groups is 1. The van der Waals surface area contributed by atoms with Crippen molar-refractivity contribution in [3.63, 3.8) is 0 Å². The second kappa shape index (κ2) is 6.97. The molecule has 2 unspecified atom stereocenters. The van der Waals surface area contributed by atoms with Gasteiger partial charge in [-0.15, -0.1) is 0 Å². The monoisotopic (exact) mass is 289 g/mol. The summed E-state index contributed by atoms with van der Waals surface area (Å²) in [4.78, 5) is 12.0. The minimum absolute atomic E-state index is 0.0895. The molecule has 0 aromatic heterocycles. The van der Waals surface area contributed by atoms with Gasteiger partial charge in [-0.3, -0.25) is 4.79 Å². The van der Waals surface area contributed by atoms with Gasteiger partial charge in [-0.1, -0.05) is 39.0 Å². The zero-order valence-corrected chi connectivity index (χ0v) is 13.4. The Morgan fingerprint density at radius 1 is 1.29 bits per heavy atom. The maximum Gasteiger partial charge on any atom is 0.307 e. The van der Waals surface area contributed by atoms with Crippen LogP contribution < -0.4 is 5.32 Å². The van der Waals surface area contributed by atoms with Crippen molar-refractivity contribution in [2.24, 2.45) is 11.3 Å². The SMILES string of the molecule is CC1CC(OC(=O)CCNc2ccccc2)CC(C)(C)C1. The number of carbonyl (C=O) groups excluding carboxylic acids is 1. The van der Waals surface area contributed by atoms with Gasteiger partial charge in [0.25, 0.3) is 0 Å². The number of benzene rings is 1. The molecule has 0 heterocycles. The Hall–Kier alpha value is -1.51. The summed E-state index contributed by atoms with van der Waals surface area (Å²) in [6.45, 7) is 7.40. The van der Waals surface area contributed by atoms with E-state index in [1.807, 2.05) is 30.3 Å². The number of nitrogens with one attached hydrogen (secondary N) is 1. The fraction of sp³-hybridized carbons (Fsp3) is 0.611. The number of esters is 1. The minimum Gasteiger partial charge on any atom is -0.462 e. The van der Waals surface area contributed by atoms with Crippen LogP contribution >= 0.6 is 0 Å². The third kappa shape index (κ3) is 5.41. The number of para-hydroxylation sites is 1. The first-order valence-corrected chi connectivity index (χ1v) is 7.93. The van der Waals surface area contributed by atoms with Crippen molar-refractivity contribution in [3.8, 4) is 0 Å².